The molecule has 0 aliphatic carbocycles. The molecule has 4 rings (SSSR count). The van der Waals surface area contributed by atoms with Crippen molar-refractivity contribution in [3.05, 3.63) is 96.1 Å². The number of para-hydroxylation sites is 2. The van der Waals surface area contributed by atoms with Gasteiger partial charge in [0.15, 0.2) is 11.5 Å². The zero-order chi connectivity index (χ0) is 43.6. The molecule has 332 valence electrons. The molecule has 0 bridgehead atoms. The SMILES string of the molecule is CCCCCCCCCCCCc1cccc(O)c1Oc1cccc(S(=O)(=O)O)c1.CCCCCCCCCCCCc1cccc([O-])c1Oc1cccc(S(=O)(=O)[O-])c1.[Ca+2]. The van der Waals surface area contributed by atoms with Gasteiger partial charge in [-0.1, -0.05) is 178 Å². The van der Waals surface area contributed by atoms with E-state index in [1.165, 1.54) is 145 Å². The molecule has 0 spiro atoms. The third-order valence-corrected chi connectivity index (χ3v) is 12.1. The average Bonchev–Trinajstić information content (AvgIpc) is 3.21. The number of hydrogen-bond acceptors (Lipinski definition) is 9. The van der Waals surface area contributed by atoms with Crippen LogP contribution in [0.3, 0.4) is 0 Å². The van der Waals surface area contributed by atoms with Gasteiger partial charge in [-0.3, -0.25) is 4.55 Å². The van der Waals surface area contributed by atoms with Gasteiger partial charge in [-0.25, -0.2) is 8.42 Å². The van der Waals surface area contributed by atoms with Gasteiger partial charge in [-0.2, -0.15) is 8.42 Å². The standard InChI is InChI=1S/2C24H34O5S.Ca/c2*1-2-3-4-5-6-7-8-9-10-11-14-20-15-12-18-23(25)24(20)29-21-16-13-17-22(19-21)30(26,27)28;/h2*12-13,15-19,25H,2-11,14H2,1H3,(H,26,27,28);/q;;+2/p-2. The largest absolute Gasteiger partial charge is 2.00 e. The third kappa shape index (κ3) is 21.9. The summed E-state index contributed by atoms with van der Waals surface area (Å²) in [5.74, 6) is 0.706. The van der Waals surface area contributed by atoms with Crippen LogP contribution in [0, 0.1) is 0 Å². The van der Waals surface area contributed by atoms with E-state index in [9.17, 15) is 36.2 Å². The summed E-state index contributed by atoms with van der Waals surface area (Å²) in [5, 5.41) is 22.6. The van der Waals surface area contributed by atoms with Crippen LogP contribution in [-0.4, -0.2) is 68.8 Å². The summed E-state index contributed by atoms with van der Waals surface area (Å²) >= 11 is 0. The van der Waals surface area contributed by atoms with Gasteiger partial charge in [-0.05, 0) is 73.2 Å². The smallest absolute Gasteiger partial charge is 0.870 e. The summed E-state index contributed by atoms with van der Waals surface area (Å²) in [5.41, 5.74) is 1.68. The van der Waals surface area contributed by atoms with E-state index in [4.69, 9.17) is 9.47 Å². The van der Waals surface area contributed by atoms with Crippen LogP contribution >= 0.6 is 0 Å². The maximum absolute atomic E-state index is 12.3. The Morgan fingerprint density at radius 3 is 1.34 bits per heavy atom. The second-order valence-corrected chi connectivity index (χ2v) is 18.3. The molecule has 0 aliphatic heterocycles. The van der Waals surface area contributed by atoms with E-state index < -0.39 is 20.2 Å². The van der Waals surface area contributed by atoms with Crippen molar-refractivity contribution < 1.29 is 45.6 Å². The van der Waals surface area contributed by atoms with Crippen molar-refractivity contribution in [3.8, 4) is 34.5 Å². The second-order valence-electron chi connectivity index (χ2n) is 15.5. The van der Waals surface area contributed by atoms with Crippen LogP contribution in [0.4, 0.5) is 0 Å². The minimum Gasteiger partial charge on any atom is -0.870 e. The van der Waals surface area contributed by atoms with Crippen molar-refractivity contribution in [1.82, 2.24) is 0 Å². The Hall–Kier alpha value is -2.84. The molecule has 0 saturated heterocycles. The summed E-state index contributed by atoms with van der Waals surface area (Å²) in [6, 6.07) is 21.2. The van der Waals surface area contributed by atoms with Crippen LogP contribution in [0.2, 0.25) is 0 Å². The average molecular weight is 907 g/mol. The molecule has 4 aromatic rings. The molecule has 0 fully saturated rings. The van der Waals surface area contributed by atoms with Gasteiger partial charge in [0.05, 0.1) is 9.79 Å². The van der Waals surface area contributed by atoms with Gasteiger partial charge in [0.1, 0.15) is 27.4 Å². The number of phenols is 1. The van der Waals surface area contributed by atoms with Crippen molar-refractivity contribution in [1.29, 1.82) is 0 Å². The minimum absolute atomic E-state index is 0. The van der Waals surface area contributed by atoms with Crippen LogP contribution in [0.25, 0.3) is 0 Å². The topological polar surface area (TPSA) is 173 Å². The Morgan fingerprint density at radius 1 is 0.508 bits per heavy atom. The van der Waals surface area contributed by atoms with Gasteiger partial charge >= 0.3 is 37.7 Å². The predicted molar refractivity (Wildman–Crippen MR) is 242 cm³/mol. The number of benzene rings is 4. The molecule has 0 atom stereocenters. The Kier molecular flexibility index (Phi) is 27.0. The first kappa shape index (κ1) is 54.3. The molecule has 10 nitrogen and oxygen atoms in total. The number of aryl methyl sites for hydroxylation is 2. The second kappa shape index (κ2) is 30.3. The van der Waals surface area contributed by atoms with Crippen LogP contribution in [0.15, 0.2) is 94.7 Å². The number of phenolic OH excluding ortho intramolecular Hbond substituents is 1. The normalized spacial score (nSPS) is 11.3. The fraction of sp³-hybridized carbons (Fsp3) is 0.500. The first-order valence-corrected chi connectivity index (χ1v) is 24.8. The quantitative estimate of drug-likeness (QED) is 0.0317. The summed E-state index contributed by atoms with van der Waals surface area (Å²) in [6.07, 6.45) is 26.4. The number of aromatic hydroxyl groups is 1. The van der Waals surface area contributed by atoms with Crippen LogP contribution in [-0.2, 0) is 33.1 Å². The molecule has 0 radical (unpaired) electrons. The van der Waals surface area contributed by atoms with E-state index in [0.717, 1.165) is 55.7 Å². The van der Waals surface area contributed by atoms with Gasteiger partial charge in [-0.15, -0.1) is 0 Å². The zero-order valence-electron chi connectivity index (χ0n) is 36.3. The molecule has 0 heterocycles. The molecule has 0 amide bonds. The number of ether oxygens (including phenoxy) is 2. The fourth-order valence-corrected chi connectivity index (χ4v) is 8.01. The van der Waals surface area contributed by atoms with Gasteiger partial charge in [0, 0.05) is 6.07 Å². The van der Waals surface area contributed by atoms with E-state index in [2.05, 4.69) is 13.8 Å². The van der Waals surface area contributed by atoms with E-state index in [1.54, 1.807) is 24.3 Å². The number of hydrogen-bond donors (Lipinski definition) is 2. The molecule has 0 unspecified atom stereocenters. The van der Waals surface area contributed by atoms with Crippen LogP contribution in [0.1, 0.15) is 153 Å². The van der Waals surface area contributed by atoms with Crippen molar-refractivity contribution in [2.75, 3.05) is 0 Å². The van der Waals surface area contributed by atoms with Gasteiger partial charge < -0.3 is 24.2 Å². The molecule has 0 saturated carbocycles. The molecule has 2 N–H and O–H groups in total. The Bertz CT molecular complexity index is 1910. The van der Waals surface area contributed by atoms with Crippen molar-refractivity contribution in [2.45, 2.75) is 165 Å². The van der Waals surface area contributed by atoms with Gasteiger partial charge in [0.2, 0.25) is 0 Å². The van der Waals surface area contributed by atoms with Crippen molar-refractivity contribution >= 4 is 58.0 Å². The monoisotopic (exact) mass is 906 g/mol. The molecule has 4 aromatic carbocycles. The first-order valence-electron chi connectivity index (χ1n) is 21.9. The molecule has 0 aromatic heterocycles. The van der Waals surface area contributed by atoms with Crippen LogP contribution < -0.4 is 14.6 Å². The third-order valence-electron chi connectivity index (χ3n) is 10.4. The molecule has 13 heteroatoms. The van der Waals surface area contributed by atoms with Crippen molar-refractivity contribution in [3.63, 3.8) is 0 Å². The van der Waals surface area contributed by atoms with Crippen molar-refractivity contribution in [2.24, 2.45) is 0 Å². The van der Waals surface area contributed by atoms with Crippen LogP contribution in [0.5, 0.6) is 34.5 Å². The predicted octanol–water partition coefficient (Wildman–Crippen LogP) is 12.4. The minimum atomic E-state index is -4.58. The number of unbranched alkanes of at least 4 members (excludes halogenated alkanes) is 18. The fourth-order valence-electron chi connectivity index (χ4n) is 6.99. The first-order chi connectivity index (χ1) is 28.8. The summed E-state index contributed by atoms with van der Waals surface area (Å²) in [6.45, 7) is 4.46. The molecule has 61 heavy (non-hydrogen) atoms. The maximum Gasteiger partial charge on any atom is 2.00 e. The summed E-state index contributed by atoms with van der Waals surface area (Å²) in [4.78, 5) is -0.619. The Labute approximate surface area is 396 Å². The molecular formula is C48H66CaO10S2. The summed E-state index contributed by atoms with van der Waals surface area (Å²) in [7, 11) is -8.89. The molecule has 0 aliphatic rings. The Balaban J connectivity index is 0.000000413. The number of rotatable bonds is 28. The molecular weight excluding hydrogens is 841 g/mol. The zero-order valence-corrected chi connectivity index (χ0v) is 40.2. The van der Waals surface area contributed by atoms with E-state index in [1.807, 2.05) is 12.1 Å². The van der Waals surface area contributed by atoms with E-state index in [0.29, 0.717) is 5.75 Å². The van der Waals surface area contributed by atoms with E-state index >= 15 is 0 Å². The maximum atomic E-state index is 12.3. The Morgan fingerprint density at radius 2 is 0.885 bits per heavy atom. The van der Waals surface area contributed by atoms with Gasteiger partial charge in [0.25, 0.3) is 10.1 Å². The van der Waals surface area contributed by atoms with E-state index in [-0.39, 0.29) is 76.3 Å². The summed E-state index contributed by atoms with van der Waals surface area (Å²) < 4.78 is 77.0.